The largest absolute Gasteiger partial charge is 0.497 e. The van der Waals surface area contributed by atoms with Crippen molar-refractivity contribution in [2.75, 3.05) is 18.6 Å². The van der Waals surface area contributed by atoms with Crippen molar-refractivity contribution < 1.29 is 17.9 Å². The Bertz CT molecular complexity index is 572. The number of nitrogens with two attached hydrogens (primary N) is 1. The molecule has 0 saturated carbocycles. The van der Waals surface area contributed by atoms with E-state index in [1.807, 2.05) is 0 Å². The van der Waals surface area contributed by atoms with Gasteiger partial charge in [0.25, 0.3) is 0 Å². The van der Waals surface area contributed by atoms with Gasteiger partial charge in [-0.25, -0.2) is 18.5 Å². The number of hydrogen-bond donors (Lipinski definition) is 1. The molecular weight excluding hydrogens is 258 g/mol. The lowest BCUT2D eigenvalue weighted by Crippen LogP contribution is -2.32. The first-order chi connectivity index (χ1) is 8.41. The van der Waals surface area contributed by atoms with Gasteiger partial charge >= 0.3 is 0 Å². The Balaban J connectivity index is 2.27. The molecule has 2 heterocycles. The number of anilines is 1. The highest BCUT2D eigenvalue weighted by Gasteiger charge is 2.37. The van der Waals surface area contributed by atoms with Gasteiger partial charge in [-0.15, -0.1) is 0 Å². The van der Waals surface area contributed by atoms with E-state index in [9.17, 15) is 13.2 Å². The molecule has 2 rings (SSSR count). The fourth-order valence-corrected chi connectivity index (χ4v) is 2.52. The van der Waals surface area contributed by atoms with Crippen LogP contribution < -0.4 is 14.8 Å². The fourth-order valence-electron chi connectivity index (χ4n) is 1.79. The number of nitrogens with zero attached hydrogens (tertiary/aromatic N) is 2. The van der Waals surface area contributed by atoms with Crippen molar-refractivity contribution in [1.29, 1.82) is 0 Å². The highest BCUT2D eigenvalue weighted by molar-refractivity contribution is 7.89. The lowest BCUT2D eigenvalue weighted by Gasteiger charge is -2.15. The quantitative estimate of drug-likeness (QED) is 0.797. The standard InChI is InChI=1S/C10H13N3O4S/c1-17-7-2-3-12-9(4-7)13-6-8(5-10(13)14)18(11,15)16/h2-4,8H,5-6H2,1H3,(H2,11,15,16). The zero-order valence-corrected chi connectivity index (χ0v) is 10.6. The van der Waals surface area contributed by atoms with Gasteiger partial charge in [0.2, 0.25) is 15.9 Å². The zero-order chi connectivity index (χ0) is 13.3. The van der Waals surface area contributed by atoms with Crippen LogP contribution in [0.1, 0.15) is 6.42 Å². The van der Waals surface area contributed by atoms with Crippen molar-refractivity contribution in [2.24, 2.45) is 5.14 Å². The van der Waals surface area contributed by atoms with Crippen LogP contribution >= 0.6 is 0 Å². The average Bonchev–Trinajstić information content (AvgIpc) is 2.71. The zero-order valence-electron chi connectivity index (χ0n) is 9.74. The number of carbonyl (C=O) groups is 1. The molecule has 18 heavy (non-hydrogen) atoms. The first-order valence-electron chi connectivity index (χ1n) is 5.24. The van der Waals surface area contributed by atoms with Crippen LogP contribution in [0.2, 0.25) is 0 Å². The van der Waals surface area contributed by atoms with Crippen molar-refractivity contribution in [1.82, 2.24) is 4.98 Å². The van der Waals surface area contributed by atoms with E-state index in [-0.39, 0.29) is 18.9 Å². The number of ether oxygens (including phenoxy) is 1. The predicted molar refractivity (Wildman–Crippen MR) is 64.7 cm³/mol. The smallest absolute Gasteiger partial charge is 0.229 e. The van der Waals surface area contributed by atoms with E-state index in [0.29, 0.717) is 11.6 Å². The minimum Gasteiger partial charge on any atom is -0.497 e. The number of aromatic nitrogens is 1. The van der Waals surface area contributed by atoms with E-state index in [4.69, 9.17) is 9.88 Å². The molecule has 1 aliphatic heterocycles. The summed E-state index contributed by atoms with van der Waals surface area (Å²) < 4.78 is 27.5. The van der Waals surface area contributed by atoms with Gasteiger partial charge in [0, 0.05) is 25.2 Å². The lowest BCUT2D eigenvalue weighted by molar-refractivity contribution is -0.117. The Morgan fingerprint density at radius 3 is 2.83 bits per heavy atom. The summed E-state index contributed by atoms with van der Waals surface area (Å²) >= 11 is 0. The summed E-state index contributed by atoms with van der Waals surface area (Å²) in [4.78, 5) is 17.1. The average molecular weight is 271 g/mol. The van der Waals surface area contributed by atoms with Crippen molar-refractivity contribution >= 4 is 21.7 Å². The van der Waals surface area contributed by atoms with Gasteiger partial charge in [0.15, 0.2) is 0 Å². The SMILES string of the molecule is COc1ccnc(N2CC(S(N)(=O)=O)CC2=O)c1. The van der Waals surface area contributed by atoms with Crippen molar-refractivity contribution in [3.05, 3.63) is 18.3 Å². The maximum absolute atomic E-state index is 11.8. The summed E-state index contributed by atoms with van der Waals surface area (Å²) in [7, 11) is -2.22. The first kappa shape index (κ1) is 12.8. The maximum Gasteiger partial charge on any atom is 0.229 e. The lowest BCUT2D eigenvalue weighted by atomic mass is 10.4. The molecule has 1 saturated heterocycles. The Morgan fingerprint density at radius 1 is 1.56 bits per heavy atom. The topological polar surface area (TPSA) is 103 Å². The van der Waals surface area contributed by atoms with E-state index >= 15 is 0 Å². The van der Waals surface area contributed by atoms with Crippen molar-refractivity contribution in [3.63, 3.8) is 0 Å². The molecule has 1 unspecified atom stereocenters. The van der Waals surface area contributed by atoms with E-state index < -0.39 is 15.3 Å². The molecule has 0 spiro atoms. The summed E-state index contributed by atoms with van der Waals surface area (Å²) in [6, 6.07) is 3.21. The summed E-state index contributed by atoms with van der Waals surface area (Å²) in [5, 5.41) is 4.17. The van der Waals surface area contributed by atoms with Gasteiger partial charge in [0.1, 0.15) is 16.8 Å². The van der Waals surface area contributed by atoms with Gasteiger partial charge < -0.3 is 4.74 Å². The summed E-state index contributed by atoms with van der Waals surface area (Å²) in [6.07, 6.45) is 1.38. The fraction of sp³-hybridized carbons (Fsp3) is 0.400. The number of amides is 1. The second kappa shape index (κ2) is 4.54. The number of sulfonamides is 1. The second-order valence-corrected chi connectivity index (χ2v) is 5.82. The molecule has 0 bridgehead atoms. The molecule has 0 aliphatic carbocycles. The third kappa shape index (κ3) is 2.44. The second-order valence-electron chi connectivity index (χ2n) is 3.97. The third-order valence-electron chi connectivity index (χ3n) is 2.78. The number of rotatable bonds is 3. The Kier molecular flexibility index (Phi) is 3.22. The van der Waals surface area contributed by atoms with Gasteiger partial charge in [-0.3, -0.25) is 9.69 Å². The molecule has 8 heteroatoms. The molecular formula is C10H13N3O4S. The molecule has 2 N–H and O–H groups in total. The van der Waals surface area contributed by atoms with Crippen LogP contribution in [0.4, 0.5) is 5.82 Å². The van der Waals surface area contributed by atoms with Gasteiger partial charge in [-0.2, -0.15) is 0 Å². The molecule has 0 radical (unpaired) electrons. The molecule has 1 amide bonds. The summed E-state index contributed by atoms with van der Waals surface area (Å²) in [5.74, 6) is 0.604. The molecule has 1 atom stereocenters. The molecule has 1 fully saturated rings. The van der Waals surface area contributed by atoms with Crippen LogP contribution in [0.5, 0.6) is 5.75 Å². The van der Waals surface area contributed by atoms with E-state index in [2.05, 4.69) is 4.98 Å². The van der Waals surface area contributed by atoms with Crippen LogP contribution in [0.25, 0.3) is 0 Å². The van der Waals surface area contributed by atoms with Crippen LogP contribution in [0.3, 0.4) is 0 Å². The number of hydrogen-bond acceptors (Lipinski definition) is 5. The number of pyridine rings is 1. The summed E-state index contributed by atoms with van der Waals surface area (Å²) in [5.41, 5.74) is 0. The molecule has 1 aliphatic rings. The third-order valence-corrected chi connectivity index (χ3v) is 4.03. The Morgan fingerprint density at radius 2 is 2.28 bits per heavy atom. The highest BCUT2D eigenvalue weighted by Crippen LogP contribution is 2.24. The van der Waals surface area contributed by atoms with Gasteiger partial charge in [-0.05, 0) is 6.07 Å². The molecule has 1 aromatic heterocycles. The van der Waals surface area contributed by atoms with Crippen molar-refractivity contribution in [2.45, 2.75) is 11.7 Å². The predicted octanol–water partition coefficient (Wildman–Crippen LogP) is -0.516. The Hall–Kier alpha value is -1.67. The highest BCUT2D eigenvalue weighted by atomic mass is 32.2. The minimum atomic E-state index is -3.71. The molecule has 1 aromatic rings. The van der Waals surface area contributed by atoms with Crippen LogP contribution in [0.15, 0.2) is 18.3 Å². The number of primary sulfonamides is 1. The van der Waals surface area contributed by atoms with Crippen LogP contribution in [0, 0.1) is 0 Å². The van der Waals surface area contributed by atoms with E-state index in [1.54, 1.807) is 12.1 Å². The monoisotopic (exact) mass is 271 g/mol. The van der Waals surface area contributed by atoms with E-state index in [0.717, 1.165) is 0 Å². The van der Waals surface area contributed by atoms with E-state index in [1.165, 1.54) is 18.2 Å². The van der Waals surface area contributed by atoms with Crippen molar-refractivity contribution in [3.8, 4) is 5.75 Å². The molecule has 98 valence electrons. The van der Waals surface area contributed by atoms with Crippen LogP contribution in [-0.4, -0.2) is 38.2 Å². The number of methoxy groups -OCH3 is 1. The summed E-state index contributed by atoms with van der Waals surface area (Å²) in [6.45, 7) is 0.0256. The first-order valence-corrected chi connectivity index (χ1v) is 6.85. The number of carbonyl (C=O) groups excluding carboxylic acids is 1. The minimum absolute atomic E-state index is 0.0256. The normalized spacial score (nSPS) is 20.2. The van der Waals surface area contributed by atoms with Crippen LogP contribution in [-0.2, 0) is 14.8 Å². The molecule has 7 nitrogen and oxygen atoms in total. The maximum atomic E-state index is 11.8. The van der Waals surface area contributed by atoms with Gasteiger partial charge in [-0.1, -0.05) is 0 Å². The Labute approximate surface area is 105 Å². The van der Waals surface area contributed by atoms with Gasteiger partial charge in [0.05, 0.1) is 7.11 Å². The molecule has 0 aromatic carbocycles.